The number of benzene rings is 3. The Hall–Kier alpha value is -3.22. The molecule has 6 heteroatoms. The first-order valence-corrected chi connectivity index (χ1v) is 15.5. The molecule has 0 fully saturated rings. The van der Waals surface area contributed by atoms with Crippen LogP contribution in [-0.2, 0) is 22.1 Å². The first kappa shape index (κ1) is 28.3. The molecule has 0 aliphatic carbocycles. The summed E-state index contributed by atoms with van der Waals surface area (Å²) >= 11 is 0. The molecule has 5 nitrogen and oxygen atoms in total. The van der Waals surface area contributed by atoms with Gasteiger partial charge in [0, 0.05) is 35.4 Å². The lowest BCUT2D eigenvalue weighted by molar-refractivity contribution is -0.0529. The van der Waals surface area contributed by atoms with E-state index in [2.05, 4.69) is 96.5 Å². The smallest absolute Gasteiger partial charge is 0.129 e. The Morgan fingerprint density at radius 2 is 1.75 bits per heavy atom. The Morgan fingerprint density at radius 1 is 1.00 bits per heavy atom. The molecule has 4 aromatic rings. The third kappa shape index (κ3) is 5.15. The van der Waals surface area contributed by atoms with Gasteiger partial charge < -0.3 is 14.2 Å². The van der Waals surface area contributed by atoms with E-state index in [1.54, 1.807) is 6.26 Å². The van der Waals surface area contributed by atoms with Crippen LogP contribution in [0.4, 0.5) is 5.69 Å². The van der Waals surface area contributed by atoms with Gasteiger partial charge >= 0.3 is 0 Å². The fourth-order valence-electron chi connectivity index (χ4n) is 6.10. The molecule has 0 saturated carbocycles. The van der Waals surface area contributed by atoms with Gasteiger partial charge in [0.1, 0.15) is 16.7 Å². The molecule has 1 aromatic heterocycles. The van der Waals surface area contributed by atoms with Crippen LogP contribution < -0.4 is 9.46 Å². The van der Waals surface area contributed by atoms with Crippen molar-refractivity contribution in [1.29, 1.82) is 0 Å². The van der Waals surface area contributed by atoms with Gasteiger partial charge in [-0.05, 0) is 118 Å². The van der Waals surface area contributed by atoms with Gasteiger partial charge in [-0.2, -0.15) is 0 Å². The topological polar surface area (TPSA) is 60.5 Å². The summed E-state index contributed by atoms with van der Waals surface area (Å²) < 4.78 is 28.6. The van der Waals surface area contributed by atoms with E-state index in [0.717, 1.165) is 67.7 Å². The third-order valence-corrected chi connectivity index (χ3v) is 8.36. The number of pyridine rings is 1. The number of aryl methyl sites for hydroxylation is 2. The number of nitrogens with one attached hydrogen (secondary N) is 1. The second-order valence-corrected chi connectivity index (χ2v) is 13.0. The van der Waals surface area contributed by atoms with Gasteiger partial charge in [0.25, 0.3) is 0 Å². The molecule has 2 atom stereocenters. The molecule has 0 saturated heterocycles. The molecule has 40 heavy (non-hydrogen) atoms. The van der Waals surface area contributed by atoms with Crippen molar-refractivity contribution in [3.8, 4) is 28.0 Å². The summed E-state index contributed by atoms with van der Waals surface area (Å²) in [6.45, 7) is 17.6. The minimum absolute atomic E-state index is 0.226. The molecule has 2 heterocycles. The summed E-state index contributed by atoms with van der Waals surface area (Å²) in [6.07, 6.45) is 4.23. The zero-order valence-corrected chi connectivity index (χ0v) is 25.9. The first-order chi connectivity index (χ1) is 18.9. The Kier molecular flexibility index (Phi) is 7.53. The maximum atomic E-state index is 12.7. The molecule has 1 N–H and O–H groups in total. The molecule has 0 amide bonds. The summed E-state index contributed by atoms with van der Waals surface area (Å²) in [4.78, 5) is 4.92. The SMILES string of the molecule is Cc1ccc(-c2c(C)c(-c3ccc4c5c(ccnc35)CCO4)c(C(C)OC(C)(C)C)c(C)c2NS(C)=O)cc1C. The van der Waals surface area contributed by atoms with Crippen LogP contribution in [-0.4, -0.2) is 27.7 Å². The molecule has 0 spiro atoms. The summed E-state index contributed by atoms with van der Waals surface area (Å²) in [7, 11) is -1.26. The number of nitrogens with zero attached hydrogens (tertiary/aromatic N) is 1. The standard InChI is InChI=1S/C34H40N2O3S/c1-19-10-11-25(18-20(19)2)29-21(3)30(26-12-13-27-31-24(15-17-38-27)14-16-35-33(26)31)28(23(5)39-34(6,7)8)22(4)32(29)36-40(9)37/h10-14,16,18,23,36H,15,17H2,1-9H3. The lowest BCUT2D eigenvalue weighted by Gasteiger charge is -2.32. The highest BCUT2D eigenvalue weighted by Crippen LogP contribution is 2.49. The summed E-state index contributed by atoms with van der Waals surface area (Å²) in [5.41, 5.74) is 12.7. The van der Waals surface area contributed by atoms with Crippen molar-refractivity contribution in [3.63, 3.8) is 0 Å². The predicted octanol–water partition coefficient (Wildman–Crippen LogP) is 8.32. The largest absolute Gasteiger partial charge is 0.493 e. The van der Waals surface area contributed by atoms with E-state index in [0.29, 0.717) is 6.61 Å². The van der Waals surface area contributed by atoms with Crippen LogP contribution in [0.3, 0.4) is 0 Å². The van der Waals surface area contributed by atoms with E-state index < -0.39 is 11.0 Å². The summed E-state index contributed by atoms with van der Waals surface area (Å²) in [5, 5.41) is 1.09. The quantitative estimate of drug-likeness (QED) is 0.259. The average molecular weight is 557 g/mol. The molecule has 210 valence electrons. The van der Waals surface area contributed by atoms with E-state index in [1.165, 1.54) is 16.7 Å². The van der Waals surface area contributed by atoms with Crippen molar-refractivity contribution in [2.24, 2.45) is 0 Å². The van der Waals surface area contributed by atoms with E-state index in [9.17, 15) is 4.21 Å². The van der Waals surface area contributed by atoms with E-state index >= 15 is 0 Å². The van der Waals surface area contributed by atoms with Crippen LogP contribution in [0.2, 0.25) is 0 Å². The van der Waals surface area contributed by atoms with Crippen molar-refractivity contribution < 1.29 is 13.7 Å². The summed E-state index contributed by atoms with van der Waals surface area (Å²) in [6, 6.07) is 12.9. The van der Waals surface area contributed by atoms with Gasteiger partial charge in [0.2, 0.25) is 0 Å². The number of aromatic nitrogens is 1. The second-order valence-electron chi connectivity index (χ2n) is 11.9. The zero-order chi connectivity index (χ0) is 28.9. The van der Waals surface area contributed by atoms with Crippen LogP contribution in [0.1, 0.15) is 67.2 Å². The molecular formula is C34H40N2O3S. The lowest BCUT2D eigenvalue weighted by atomic mass is 9.81. The Balaban J connectivity index is 1.93. The second kappa shape index (κ2) is 10.6. The van der Waals surface area contributed by atoms with E-state index in [1.807, 2.05) is 6.20 Å². The molecule has 3 aromatic carbocycles. The maximum absolute atomic E-state index is 12.7. The molecule has 0 bridgehead atoms. The van der Waals surface area contributed by atoms with Gasteiger partial charge in [-0.15, -0.1) is 0 Å². The fourth-order valence-corrected chi connectivity index (χ4v) is 6.64. The van der Waals surface area contributed by atoms with Gasteiger partial charge in [-0.25, -0.2) is 4.21 Å². The first-order valence-electron chi connectivity index (χ1n) is 13.9. The minimum atomic E-state index is -1.26. The number of hydrogen-bond acceptors (Lipinski definition) is 4. The average Bonchev–Trinajstić information content (AvgIpc) is 2.87. The minimum Gasteiger partial charge on any atom is -0.493 e. The Bertz CT molecular complexity index is 1640. The van der Waals surface area contributed by atoms with Crippen LogP contribution in [0.15, 0.2) is 42.6 Å². The van der Waals surface area contributed by atoms with E-state index in [-0.39, 0.29) is 11.7 Å². The van der Waals surface area contributed by atoms with Crippen LogP contribution in [0.25, 0.3) is 33.2 Å². The lowest BCUT2D eigenvalue weighted by Crippen LogP contribution is -2.23. The third-order valence-electron chi connectivity index (χ3n) is 7.87. The molecule has 5 rings (SSSR count). The van der Waals surface area contributed by atoms with Crippen molar-refractivity contribution in [3.05, 3.63) is 76.0 Å². The van der Waals surface area contributed by atoms with Crippen molar-refractivity contribution in [1.82, 2.24) is 4.98 Å². The zero-order valence-electron chi connectivity index (χ0n) is 25.1. The monoisotopic (exact) mass is 556 g/mol. The number of anilines is 1. The van der Waals surface area contributed by atoms with Crippen LogP contribution in [0.5, 0.6) is 5.75 Å². The van der Waals surface area contributed by atoms with Gasteiger partial charge in [-0.3, -0.25) is 4.98 Å². The van der Waals surface area contributed by atoms with Crippen LogP contribution in [0, 0.1) is 27.7 Å². The number of hydrogen-bond donors (Lipinski definition) is 1. The molecule has 1 aliphatic rings. The Morgan fingerprint density at radius 3 is 2.42 bits per heavy atom. The predicted molar refractivity (Wildman–Crippen MR) is 168 cm³/mol. The molecule has 1 aliphatic heterocycles. The molecule has 0 radical (unpaired) electrons. The van der Waals surface area contributed by atoms with Gasteiger partial charge in [0.15, 0.2) is 0 Å². The maximum Gasteiger partial charge on any atom is 0.129 e. The van der Waals surface area contributed by atoms with Gasteiger partial charge in [-0.1, -0.05) is 18.2 Å². The highest BCUT2D eigenvalue weighted by atomic mass is 32.2. The highest BCUT2D eigenvalue weighted by Gasteiger charge is 2.29. The Labute approximate surface area is 240 Å². The number of ether oxygens (including phenoxy) is 2. The van der Waals surface area contributed by atoms with Crippen molar-refractivity contribution in [2.45, 2.75) is 73.5 Å². The fraction of sp³-hybridized carbons (Fsp3) is 0.382. The van der Waals surface area contributed by atoms with Crippen molar-refractivity contribution >= 4 is 27.6 Å². The van der Waals surface area contributed by atoms with Crippen molar-refractivity contribution in [2.75, 3.05) is 17.6 Å². The van der Waals surface area contributed by atoms with Gasteiger partial charge in [0.05, 0.1) is 29.5 Å². The summed E-state index contributed by atoms with van der Waals surface area (Å²) in [5.74, 6) is 0.886. The van der Waals surface area contributed by atoms with Crippen LogP contribution >= 0.6 is 0 Å². The normalized spacial score (nSPS) is 14.6. The molecule has 2 unspecified atom stereocenters. The van der Waals surface area contributed by atoms with E-state index in [4.69, 9.17) is 14.5 Å². The molecular weight excluding hydrogens is 516 g/mol. The highest BCUT2D eigenvalue weighted by molar-refractivity contribution is 7.85. The number of rotatable bonds is 6.